The van der Waals surface area contributed by atoms with Gasteiger partial charge in [-0.2, -0.15) is 0 Å². The summed E-state index contributed by atoms with van der Waals surface area (Å²) >= 11 is 10.0. The zero-order valence-electron chi connectivity index (χ0n) is 13.9. The average molecular weight is 595 g/mol. The van der Waals surface area contributed by atoms with E-state index in [1.165, 1.54) is 0 Å². The number of aliphatic hydroxyl groups is 3. The fraction of sp³-hybridized carbons (Fsp3) is 0.375. The van der Waals surface area contributed by atoms with Crippen LogP contribution in [0.3, 0.4) is 0 Å². The predicted octanol–water partition coefficient (Wildman–Crippen LogP) is 2.98. The molecule has 9 heteroatoms. The highest BCUT2D eigenvalue weighted by Gasteiger charge is 1.98. The largest absolute Gasteiger partial charge is 0.475 e. The summed E-state index contributed by atoms with van der Waals surface area (Å²) in [6.45, 7) is 3.93. The molecule has 2 heterocycles. The highest BCUT2D eigenvalue weighted by molar-refractivity contribution is 14.1. The van der Waals surface area contributed by atoms with Crippen LogP contribution >= 0.6 is 56.8 Å². The number of aryl methyl sites for hydroxylation is 2. The average Bonchev–Trinajstić information content (AvgIpc) is 2.60. The first kappa shape index (κ1) is 24.7. The monoisotopic (exact) mass is 594 g/mol. The van der Waals surface area contributed by atoms with Crippen molar-refractivity contribution in [3.8, 4) is 5.88 Å². The molecule has 2 aromatic heterocycles. The van der Waals surface area contributed by atoms with Gasteiger partial charge in [0, 0.05) is 13.2 Å². The third-order valence-electron chi connectivity index (χ3n) is 2.42. The Morgan fingerprint density at radius 1 is 0.880 bits per heavy atom. The lowest BCUT2D eigenvalue weighted by Gasteiger charge is -2.04. The summed E-state index contributed by atoms with van der Waals surface area (Å²) in [7, 11) is 0. The third-order valence-corrected chi connectivity index (χ3v) is 4.92. The third kappa shape index (κ3) is 11.9. The van der Waals surface area contributed by atoms with Gasteiger partial charge in [0.1, 0.15) is 11.8 Å². The van der Waals surface area contributed by atoms with Crippen molar-refractivity contribution in [2.75, 3.05) is 26.4 Å². The number of hydrogen-bond donors (Lipinski definition) is 3. The Bertz CT molecular complexity index is 631. The summed E-state index contributed by atoms with van der Waals surface area (Å²) in [6, 6.07) is 7.47. The molecule has 0 bridgehead atoms. The standard InChI is InChI=1S/C8H10INO2.C6H5ClIN.C2H6O2/c1-6-7(9)2-3-8(10-6)12-5-4-11;1-4-5(8)2-3-6(7)9-4;3-1-2-4/h2-3,11H,4-5H2,1H3;2-3H,1H3;3-4H,1-2H2. The smallest absolute Gasteiger partial charge is 0.213 e. The summed E-state index contributed by atoms with van der Waals surface area (Å²) in [5.74, 6) is 0.571. The molecular weight excluding hydrogens is 573 g/mol. The van der Waals surface area contributed by atoms with Gasteiger partial charge in [0.25, 0.3) is 0 Å². The van der Waals surface area contributed by atoms with Crippen LogP contribution in [0.25, 0.3) is 0 Å². The molecule has 3 N–H and O–H groups in total. The van der Waals surface area contributed by atoms with Crippen LogP contribution in [0.5, 0.6) is 5.88 Å². The second-order valence-electron chi connectivity index (χ2n) is 4.44. The quantitative estimate of drug-likeness (QED) is 0.372. The van der Waals surface area contributed by atoms with Crippen LogP contribution < -0.4 is 4.74 Å². The van der Waals surface area contributed by atoms with Gasteiger partial charge in [-0.25, -0.2) is 9.97 Å². The molecule has 140 valence electrons. The van der Waals surface area contributed by atoms with E-state index < -0.39 is 0 Å². The van der Waals surface area contributed by atoms with Gasteiger partial charge in [-0.1, -0.05) is 11.6 Å². The maximum atomic E-state index is 8.50. The molecular formula is C16H21ClI2N2O4. The number of nitrogens with zero attached hydrogens (tertiary/aromatic N) is 2. The van der Waals surface area contributed by atoms with E-state index in [0.717, 1.165) is 18.5 Å². The highest BCUT2D eigenvalue weighted by atomic mass is 127. The molecule has 0 amide bonds. The summed E-state index contributed by atoms with van der Waals surface area (Å²) in [5.41, 5.74) is 1.94. The van der Waals surface area contributed by atoms with Gasteiger partial charge in [0.2, 0.25) is 5.88 Å². The van der Waals surface area contributed by atoms with E-state index in [2.05, 4.69) is 55.1 Å². The van der Waals surface area contributed by atoms with Crippen LogP contribution in [0.2, 0.25) is 5.15 Å². The number of ether oxygens (including phenoxy) is 1. The van der Waals surface area contributed by atoms with Crippen LogP contribution in [0.15, 0.2) is 24.3 Å². The van der Waals surface area contributed by atoms with E-state index in [1.807, 2.05) is 26.0 Å². The fourth-order valence-corrected chi connectivity index (χ4v) is 2.06. The van der Waals surface area contributed by atoms with Crippen LogP contribution in [-0.2, 0) is 0 Å². The first-order valence-electron chi connectivity index (χ1n) is 7.22. The van der Waals surface area contributed by atoms with Crippen molar-refractivity contribution < 1.29 is 20.1 Å². The number of pyridine rings is 2. The lowest BCUT2D eigenvalue weighted by atomic mass is 10.4. The van der Waals surface area contributed by atoms with Crippen molar-refractivity contribution in [2.45, 2.75) is 13.8 Å². The first-order valence-corrected chi connectivity index (χ1v) is 9.76. The lowest BCUT2D eigenvalue weighted by molar-refractivity contribution is 0.186. The van der Waals surface area contributed by atoms with E-state index >= 15 is 0 Å². The van der Waals surface area contributed by atoms with Crippen LogP contribution in [0, 0.1) is 21.0 Å². The zero-order chi connectivity index (χ0) is 19.2. The molecule has 0 spiro atoms. The molecule has 0 saturated carbocycles. The van der Waals surface area contributed by atoms with Crippen molar-refractivity contribution in [3.05, 3.63) is 47.9 Å². The summed E-state index contributed by atoms with van der Waals surface area (Å²) in [5, 5.41) is 24.3. The van der Waals surface area contributed by atoms with E-state index in [-0.39, 0.29) is 19.8 Å². The van der Waals surface area contributed by atoms with Gasteiger partial charge in [-0.15, -0.1) is 0 Å². The van der Waals surface area contributed by atoms with Crippen molar-refractivity contribution in [1.29, 1.82) is 0 Å². The molecule has 0 atom stereocenters. The minimum Gasteiger partial charge on any atom is -0.475 e. The molecule has 0 radical (unpaired) electrons. The normalized spacial score (nSPS) is 9.44. The molecule has 0 fully saturated rings. The minimum atomic E-state index is -0.125. The van der Waals surface area contributed by atoms with Crippen molar-refractivity contribution >= 4 is 56.8 Å². The molecule has 6 nitrogen and oxygen atoms in total. The van der Waals surface area contributed by atoms with E-state index in [4.69, 9.17) is 31.7 Å². The van der Waals surface area contributed by atoms with Crippen molar-refractivity contribution in [2.24, 2.45) is 0 Å². The Morgan fingerprint density at radius 3 is 1.80 bits per heavy atom. The topological polar surface area (TPSA) is 95.7 Å². The fourth-order valence-electron chi connectivity index (χ4n) is 1.27. The van der Waals surface area contributed by atoms with Gasteiger partial charge in [-0.3, -0.25) is 0 Å². The Balaban J connectivity index is 0.000000391. The zero-order valence-corrected chi connectivity index (χ0v) is 19.0. The van der Waals surface area contributed by atoms with E-state index in [9.17, 15) is 0 Å². The van der Waals surface area contributed by atoms with Crippen LogP contribution in [0.1, 0.15) is 11.4 Å². The van der Waals surface area contributed by atoms with Gasteiger partial charge >= 0.3 is 0 Å². The molecule has 25 heavy (non-hydrogen) atoms. The van der Waals surface area contributed by atoms with E-state index in [1.54, 1.807) is 12.1 Å². The molecule has 2 rings (SSSR count). The van der Waals surface area contributed by atoms with Crippen molar-refractivity contribution in [1.82, 2.24) is 9.97 Å². The first-order chi connectivity index (χ1) is 11.8. The maximum Gasteiger partial charge on any atom is 0.213 e. The number of aliphatic hydroxyl groups excluding tert-OH is 3. The summed E-state index contributed by atoms with van der Waals surface area (Å²) in [6.07, 6.45) is 0. The molecule has 2 aromatic rings. The van der Waals surface area contributed by atoms with Gasteiger partial charge < -0.3 is 20.1 Å². The van der Waals surface area contributed by atoms with E-state index in [0.29, 0.717) is 17.6 Å². The predicted molar refractivity (Wildman–Crippen MR) is 115 cm³/mol. The molecule has 0 unspecified atom stereocenters. The Kier molecular flexibility index (Phi) is 14.7. The van der Waals surface area contributed by atoms with Crippen LogP contribution in [0.4, 0.5) is 0 Å². The number of rotatable bonds is 4. The number of hydrogen-bond acceptors (Lipinski definition) is 6. The lowest BCUT2D eigenvalue weighted by Crippen LogP contribution is -2.03. The molecule has 0 aromatic carbocycles. The number of halogens is 3. The maximum absolute atomic E-state index is 8.50. The second kappa shape index (κ2) is 14.9. The molecule has 0 aliphatic rings. The van der Waals surface area contributed by atoms with Gasteiger partial charge in [0.05, 0.1) is 31.2 Å². The Labute approximate surface area is 179 Å². The Morgan fingerprint density at radius 2 is 1.40 bits per heavy atom. The minimum absolute atomic E-state index is 0.0205. The molecule has 0 saturated heterocycles. The number of aromatic nitrogens is 2. The van der Waals surface area contributed by atoms with Gasteiger partial charge in [0.15, 0.2) is 0 Å². The highest BCUT2D eigenvalue weighted by Crippen LogP contribution is 2.14. The second-order valence-corrected chi connectivity index (χ2v) is 7.15. The summed E-state index contributed by atoms with van der Waals surface area (Å²) in [4.78, 5) is 8.20. The SMILES string of the molecule is Cc1nc(Cl)ccc1I.Cc1nc(OCCO)ccc1I.OCCO. The molecule has 0 aliphatic heterocycles. The molecule has 0 aliphatic carbocycles. The summed E-state index contributed by atoms with van der Waals surface area (Å²) < 4.78 is 7.39. The Hall–Kier alpha value is -0.270. The van der Waals surface area contributed by atoms with Gasteiger partial charge in [-0.05, 0) is 77.2 Å². The van der Waals surface area contributed by atoms with Crippen LogP contribution in [-0.4, -0.2) is 51.7 Å². The van der Waals surface area contributed by atoms with Crippen molar-refractivity contribution in [3.63, 3.8) is 0 Å².